The summed E-state index contributed by atoms with van der Waals surface area (Å²) in [6, 6.07) is 7.50. The molecule has 1 fully saturated rings. The summed E-state index contributed by atoms with van der Waals surface area (Å²) in [7, 11) is 0. The first-order chi connectivity index (χ1) is 10.1. The fourth-order valence-electron chi connectivity index (χ4n) is 3.20. The van der Waals surface area contributed by atoms with Crippen molar-refractivity contribution >= 4 is 0 Å². The fourth-order valence-corrected chi connectivity index (χ4v) is 3.20. The van der Waals surface area contributed by atoms with Crippen LogP contribution >= 0.6 is 0 Å². The largest absolute Gasteiger partial charge is 0.492 e. The van der Waals surface area contributed by atoms with Gasteiger partial charge < -0.3 is 10.5 Å². The summed E-state index contributed by atoms with van der Waals surface area (Å²) >= 11 is 0. The number of benzene rings is 1. The number of nitrogens with zero attached hydrogens (tertiary/aromatic N) is 1. The number of aryl methyl sites for hydroxylation is 2. The van der Waals surface area contributed by atoms with E-state index in [-0.39, 0.29) is 0 Å². The fraction of sp³-hybridized carbons (Fsp3) is 0.667. The molecule has 0 unspecified atom stereocenters. The molecule has 3 nitrogen and oxygen atoms in total. The second-order valence-electron chi connectivity index (χ2n) is 6.31. The molecule has 3 heteroatoms. The van der Waals surface area contributed by atoms with Gasteiger partial charge in [0.25, 0.3) is 0 Å². The van der Waals surface area contributed by atoms with Gasteiger partial charge in [-0.3, -0.25) is 4.90 Å². The van der Waals surface area contributed by atoms with Gasteiger partial charge in [-0.1, -0.05) is 19.1 Å². The van der Waals surface area contributed by atoms with E-state index in [0.717, 1.165) is 25.4 Å². The molecule has 1 aliphatic carbocycles. The van der Waals surface area contributed by atoms with Crippen molar-refractivity contribution in [1.29, 1.82) is 0 Å². The van der Waals surface area contributed by atoms with Crippen molar-refractivity contribution in [3.8, 4) is 5.75 Å². The maximum atomic E-state index is 6.00. The van der Waals surface area contributed by atoms with Gasteiger partial charge in [0, 0.05) is 18.6 Å². The van der Waals surface area contributed by atoms with Crippen molar-refractivity contribution in [2.75, 3.05) is 19.7 Å². The second kappa shape index (κ2) is 7.81. The quantitative estimate of drug-likeness (QED) is 0.874. The van der Waals surface area contributed by atoms with Crippen molar-refractivity contribution < 1.29 is 4.74 Å². The van der Waals surface area contributed by atoms with Crippen LogP contribution < -0.4 is 10.5 Å². The molecule has 1 aromatic rings. The Hall–Kier alpha value is -1.06. The van der Waals surface area contributed by atoms with E-state index < -0.39 is 0 Å². The maximum absolute atomic E-state index is 6.00. The zero-order chi connectivity index (χ0) is 15.2. The lowest BCUT2D eigenvalue weighted by Gasteiger charge is -2.35. The van der Waals surface area contributed by atoms with Gasteiger partial charge in [0.2, 0.25) is 0 Å². The van der Waals surface area contributed by atoms with Crippen molar-refractivity contribution in [3.63, 3.8) is 0 Å². The number of hydrogen-bond donors (Lipinski definition) is 1. The van der Waals surface area contributed by atoms with Gasteiger partial charge in [0.15, 0.2) is 0 Å². The highest BCUT2D eigenvalue weighted by Gasteiger charge is 2.23. The van der Waals surface area contributed by atoms with E-state index >= 15 is 0 Å². The van der Waals surface area contributed by atoms with E-state index in [2.05, 4.69) is 43.9 Å². The molecule has 0 aromatic heterocycles. The first-order valence-electron chi connectivity index (χ1n) is 8.29. The van der Waals surface area contributed by atoms with Crippen LogP contribution in [0.25, 0.3) is 0 Å². The molecule has 1 aliphatic rings. The van der Waals surface area contributed by atoms with Crippen molar-refractivity contribution in [2.24, 2.45) is 5.73 Å². The summed E-state index contributed by atoms with van der Waals surface area (Å²) < 4.78 is 6.00. The minimum absolute atomic E-state index is 0.422. The van der Waals surface area contributed by atoms with Gasteiger partial charge in [0.05, 0.1) is 0 Å². The predicted octanol–water partition coefficient (Wildman–Crippen LogP) is 3.27. The number of hydrogen-bond acceptors (Lipinski definition) is 3. The monoisotopic (exact) mass is 290 g/mol. The molecule has 0 atom stereocenters. The first-order valence-corrected chi connectivity index (χ1v) is 8.29. The third-order valence-corrected chi connectivity index (χ3v) is 4.64. The van der Waals surface area contributed by atoms with Gasteiger partial charge in [-0.15, -0.1) is 0 Å². The first kappa shape index (κ1) is 16.3. The molecule has 0 aliphatic heterocycles. The lowest BCUT2D eigenvalue weighted by Crippen LogP contribution is -2.42. The predicted molar refractivity (Wildman–Crippen MR) is 88.9 cm³/mol. The minimum atomic E-state index is 0.422. The molecule has 1 aromatic carbocycles. The maximum Gasteiger partial charge on any atom is 0.122 e. The number of ether oxygens (including phenoxy) is 1. The van der Waals surface area contributed by atoms with Crippen LogP contribution in [0.3, 0.4) is 0 Å². The second-order valence-corrected chi connectivity index (χ2v) is 6.31. The summed E-state index contributed by atoms with van der Waals surface area (Å²) in [6.07, 6.45) is 4.80. The van der Waals surface area contributed by atoms with E-state index in [1.807, 2.05) is 0 Å². The molecule has 0 spiro atoms. The van der Waals surface area contributed by atoms with Crippen LogP contribution in [0.15, 0.2) is 18.2 Å². The molecule has 0 bridgehead atoms. The van der Waals surface area contributed by atoms with E-state index in [9.17, 15) is 0 Å². The summed E-state index contributed by atoms with van der Waals surface area (Å²) in [5.41, 5.74) is 8.47. The van der Waals surface area contributed by atoms with Crippen LogP contribution in [0.5, 0.6) is 5.75 Å². The van der Waals surface area contributed by atoms with Gasteiger partial charge >= 0.3 is 0 Å². The summed E-state index contributed by atoms with van der Waals surface area (Å²) in [5.74, 6) is 1.02. The van der Waals surface area contributed by atoms with E-state index in [1.165, 1.54) is 36.8 Å². The number of likely N-dealkylation sites (N-methyl/N-ethyl adjacent to an activating group) is 1. The molecule has 0 saturated heterocycles. The molecule has 2 N–H and O–H groups in total. The van der Waals surface area contributed by atoms with Gasteiger partial charge in [-0.2, -0.15) is 0 Å². The molecule has 1 saturated carbocycles. The Morgan fingerprint density at radius 3 is 2.57 bits per heavy atom. The summed E-state index contributed by atoms with van der Waals surface area (Å²) in [5, 5.41) is 0. The van der Waals surface area contributed by atoms with Crippen LogP contribution in [-0.2, 0) is 0 Å². The number of rotatable bonds is 6. The van der Waals surface area contributed by atoms with E-state index in [4.69, 9.17) is 10.5 Å². The van der Waals surface area contributed by atoms with Crippen LogP contribution in [0.1, 0.15) is 43.7 Å². The van der Waals surface area contributed by atoms with Crippen LogP contribution in [0.2, 0.25) is 0 Å². The Balaban J connectivity index is 1.82. The Labute approximate surface area is 129 Å². The standard InChI is InChI=1S/C18H30N2O/c1-4-20(17-9-7-16(19)8-10-17)11-12-21-18-13-14(2)5-6-15(18)3/h5-6,13,16-17H,4,7-12,19H2,1-3H3. The molecule has 118 valence electrons. The number of nitrogens with two attached hydrogens (primary N) is 1. The molecule has 0 amide bonds. The van der Waals surface area contributed by atoms with Gasteiger partial charge in [-0.25, -0.2) is 0 Å². The Morgan fingerprint density at radius 1 is 1.19 bits per heavy atom. The molecule has 0 radical (unpaired) electrons. The zero-order valence-electron chi connectivity index (χ0n) is 13.8. The van der Waals surface area contributed by atoms with E-state index in [0.29, 0.717) is 12.1 Å². The average molecular weight is 290 g/mol. The van der Waals surface area contributed by atoms with Gasteiger partial charge in [-0.05, 0) is 63.3 Å². The molecular weight excluding hydrogens is 260 g/mol. The highest BCUT2D eigenvalue weighted by molar-refractivity contribution is 5.35. The highest BCUT2D eigenvalue weighted by atomic mass is 16.5. The SMILES string of the molecule is CCN(CCOc1cc(C)ccc1C)C1CCC(N)CC1. The highest BCUT2D eigenvalue weighted by Crippen LogP contribution is 2.22. The smallest absolute Gasteiger partial charge is 0.122 e. The lowest BCUT2D eigenvalue weighted by molar-refractivity contribution is 0.132. The average Bonchev–Trinajstić information content (AvgIpc) is 2.48. The molecule has 21 heavy (non-hydrogen) atoms. The van der Waals surface area contributed by atoms with Crippen molar-refractivity contribution in [3.05, 3.63) is 29.3 Å². The third-order valence-electron chi connectivity index (χ3n) is 4.64. The van der Waals surface area contributed by atoms with E-state index in [1.54, 1.807) is 0 Å². The normalized spacial score (nSPS) is 22.5. The Bertz CT molecular complexity index is 439. The van der Waals surface area contributed by atoms with Crippen molar-refractivity contribution in [1.82, 2.24) is 4.90 Å². The summed E-state index contributed by atoms with van der Waals surface area (Å²) in [6.45, 7) is 9.32. The zero-order valence-corrected chi connectivity index (χ0v) is 13.8. The summed E-state index contributed by atoms with van der Waals surface area (Å²) in [4.78, 5) is 2.55. The van der Waals surface area contributed by atoms with Crippen LogP contribution in [0.4, 0.5) is 0 Å². The van der Waals surface area contributed by atoms with Crippen LogP contribution in [0, 0.1) is 13.8 Å². The Kier molecular flexibility index (Phi) is 6.07. The topological polar surface area (TPSA) is 38.5 Å². The van der Waals surface area contributed by atoms with Crippen molar-refractivity contribution in [2.45, 2.75) is 58.5 Å². The molecule has 2 rings (SSSR count). The third kappa shape index (κ3) is 4.72. The van der Waals surface area contributed by atoms with Gasteiger partial charge in [0.1, 0.15) is 12.4 Å². The molecule has 0 heterocycles. The lowest BCUT2D eigenvalue weighted by atomic mass is 9.91. The molecular formula is C18H30N2O. The Morgan fingerprint density at radius 2 is 1.90 bits per heavy atom. The van der Waals surface area contributed by atoms with Crippen LogP contribution in [-0.4, -0.2) is 36.7 Å². The minimum Gasteiger partial charge on any atom is -0.492 e.